The molecule has 138 valence electrons. The maximum Gasteiger partial charge on any atom is 0.189 e. The number of aryl methyl sites for hydroxylation is 2. The highest BCUT2D eigenvalue weighted by molar-refractivity contribution is 6.18. The van der Waals surface area contributed by atoms with Gasteiger partial charge in [-0.15, -0.1) is 0 Å². The molecule has 0 aliphatic heterocycles. The Kier molecular flexibility index (Phi) is 4.50. The van der Waals surface area contributed by atoms with Gasteiger partial charge in [-0.05, 0) is 25.1 Å². The van der Waals surface area contributed by atoms with Crippen LogP contribution in [0.3, 0.4) is 0 Å². The van der Waals surface area contributed by atoms with Crippen LogP contribution < -0.4 is 0 Å². The minimum Gasteiger partial charge on any atom is -0.358 e. The molecule has 0 fully saturated rings. The first-order valence-corrected chi connectivity index (χ1v) is 9.06. The van der Waals surface area contributed by atoms with E-state index < -0.39 is 17.5 Å². The summed E-state index contributed by atoms with van der Waals surface area (Å²) in [5, 5.41) is 10.2. The molecule has 0 saturated carbocycles. The van der Waals surface area contributed by atoms with E-state index in [1.807, 2.05) is 54.6 Å². The van der Waals surface area contributed by atoms with Crippen molar-refractivity contribution in [1.82, 2.24) is 15.0 Å². The summed E-state index contributed by atoms with van der Waals surface area (Å²) < 4.78 is 0. The van der Waals surface area contributed by atoms with E-state index in [0.29, 0.717) is 23.5 Å². The van der Waals surface area contributed by atoms with Crippen molar-refractivity contribution in [3.8, 4) is 6.07 Å². The van der Waals surface area contributed by atoms with Gasteiger partial charge < -0.3 is 9.97 Å². The minimum absolute atomic E-state index is 0.0746. The second kappa shape index (κ2) is 7.12. The predicted molar refractivity (Wildman–Crippen MR) is 106 cm³/mol. The van der Waals surface area contributed by atoms with Crippen LogP contribution in [0.1, 0.15) is 28.3 Å². The number of aromatic amines is 2. The molecule has 4 aromatic rings. The topological polar surface area (TPSA) is 102 Å². The second-order valence-corrected chi connectivity index (χ2v) is 6.76. The number of hydrogen-bond donors (Lipinski definition) is 2. The number of nitrogens with zero attached hydrogens (tertiary/aromatic N) is 2. The standard InChI is InChI=1S/C22H18N4O2/c1-13-21(14-6-2-3-7-16(14)24-13)22(28)15(12-23)19(27)10-11-20-25-17-8-4-5-9-18(17)26-20/h2-9,15,24H,10-11H2,1H3,(H,25,26). The Balaban J connectivity index is 1.54. The van der Waals surface area contributed by atoms with Crippen LogP contribution in [-0.4, -0.2) is 26.5 Å². The Morgan fingerprint density at radius 1 is 1.07 bits per heavy atom. The molecular weight excluding hydrogens is 352 g/mol. The summed E-state index contributed by atoms with van der Waals surface area (Å²) in [5.74, 6) is -1.49. The van der Waals surface area contributed by atoms with Crippen LogP contribution in [0.15, 0.2) is 48.5 Å². The van der Waals surface area contributed by atoms with Gasteiger partial charge in [0.2, 0.25) is 0 Å². The number of ketones is 2. The quantitative estimate of drug-likeness (QED) is 0.397. The molecule has 0 spiro atoms. The molecule has 0 radical (unpaired) electrons. The van der Waals surface area contributed by atoms with E-state index in [2.05, 4.69) is 15.0 Å². The zero-order valence-electron chi connectivity index (χ0n) is 15.3. The molecule has 28 heavy (non-hydrogen) atoms. The van der Waals surface area contributed by atoms with Crippen molar-refractivity contribution in [2.24, 2.45) is 5.92 Å². The third-order valence-corrected chi connectivity index (χ3v) is 4.90. The monoisotopic (exact) mass is 370 g/mol. The smallest absolute Gasteiger partial charge is 0.189 e. The fourth-order valence-electron chi connectivity index (χ4n) is 3.53. The molecule has 2 aromatic carbocycles. The summed E-state index contributed by atoms with van der Waals surface area (Å²) in [6.45, 7) is 1.78. The third-order valence-electron chi connectivity index (χ3n) is 4.90. The van der Waals surface area contributed by atoms with Gasteiger partial charge in [0.25, 0.3) is 0 Å². The van der Waals surface area contributed by atoms with E-state index in [1.54, 1.807) is 6.92 Å². The lowest BCUT2D eigenvalue weighted by Crippen LogP contribution is -2.23. The molecule has 4 rings (SSSR count). The maximum atomic E-state index is 13.0. The van der Waals surface area contributed by atoms with Crippen LogP contribution in [0.5, 0.6) is 0 Å². The summed E-state index contributed by atoms with van der Waals surface area (Å²) in [6, 6.07) is 16.9. The lowest BCUT2D eigenvalue weighted by molar-refractivity contribution is -0.120. The molecular formula is C22H18N4O2. The lowest BCUT2D eigenvalue weighted by Gasteiger charge is -2.07. The number of Topliss-reactive ketones (excluding diaryl/α,β-unsaturated/α-hetero) is 2. The van der Waals surface area contributed by atoms with Crippen molar-refractivity contribution in [2.75, 3.05) is 0 Å². The Morgan fingerprint density at radius 2 is 1.79 bits per heavy atom. The largest absolute Gasteiger partial charge is 0.358 e. The molecule has 6 heteroatoms. The lowest BCUT2D eigenvalue weighted by atomic mass is 9.91. The normalized spacial score (nSPS) is 12.1. The number of nitriles is 1. The van der Waals surface area contributed by atoms with Gasteiger partial charge in [0, 0.05) is 35.0 Å². The molecule has 2 N–H and O–H groups in total. The Labute approximate surface area is 161 Å². The molecule has 2 heterocycles. The zero-order chi connectivity index (χ0) is 19.7. The van der Waals surface area contributed by atoms with E-state index >= 15 is 0 Å². The van der Waals surface area contributed by atoms with E-state index in [0.717, 1.165) is 21.9 Å². The number of hydrogen-bond acceptors (Lipinski definition) is 4. The highest BCUT2D eigenvalue weighted by Gasteiger charge is 2.30. The van der Waals surface area contributed by atoms with Gasteiger partial charge in [-0.2, -0.15) is 5.26 Å². The number of fused-ring (bicyclic) bond motifs is 2. The summed E-state index contributed by atoms with van der Waals surface area (Å²) in [5.41, 5.74) is 3.62. The van der Waals surface area contributed by atoms with Crippen molar-refractivity contribution >= 4 is 33.5 Å². The number of imidazole rings is 1. The van der Waals surface area contributed by atoms with Crippen LogP contribution in [0, 0.1) is 24.2 Å². The number of carbonyl (C=O) groups is 2. The molecule has 0 saturated heterocycles. The van der Waals surface area contributed by atoms with Gasteiger partial charge in [0.1, 0.15) is 5.82 Å². The van der Waals surface area contributed by atoms with E-state index in [9.17, 15) is 14.9 Å². The summed E-state index contributed by atoms with van der Waals surface area (Å²) in [7, 11) is 0. The fraction of sp³-hybridized carbons (Fsp3) is 0.182. The molecule has 1 atom stereocenters. The number of rotatable bonds is 6. The van der Waals surface area contributed by atoms with E-state index in [-0.39, 0.29) is 6.42 Å². The number of carbonyl (C=O) groups excluding carboxylic acids is 2. The fourth-order valence-corrected chi connectivity index (χ4v) is 3.53. The highest BCUT2D eigenvalue weighted by atomic mass is 16.1. The first-order valence-electron chi connectivity index (χ1n) is 9.06. The maximum absolute atomic E-state index is 13.0. The number of benzene rings is 2. The molecule has 6 nitrogen and oxygen atoms in total. The van der Waals surface area contributed by atoms with Gasteiger partial charge in [0.05, 0.1) is 17.1 Å². The highest BCUT2D eigenvalue weighted by Crippen LogP contribution is 2.25. The minimum atomic E-state index is -1.32. The van der Waals surface area contributed by atoms with Crippen molar-refractivity contribution < 1.29 is 9.59 Å². The third kappa shape index (κ3) is 3.08. The van der Waals surface area contributed by atoms with Gasteiger partial charge >= 0.3 is 0 Å². The van der Waals surface area contributed by atoms with Crippen molar-refractivity contribution in [2.45, 2.75) is 19.8 Å². The first-order chi connectivity index (χ1) is 13.6. The van der Waals surface area contributed by atoms with Gasteiger partial charge in [0.15, 0.2) is 17.5 Å². The van der Waals surface area contributed by atoms with Crippen LogP contribution in [0.25, 0.3) is 21.9 Å². The number of H-pyrrole nitrogens is 2. The van der Waals surface area contributed by atoms with Gasteiger partial charge in [-0.25, -0.2) is 4.98 Å². The number of nitrogens with one attached hydrogen (secondary N) is 2. The van der Waals surface area contributed by atoms with Crippen LogP contribution in [0.4, 0.5) is 0 Å². The van der Waals surface area contributed by atoms with E-state index in [1.165, 1.54) is 0 Å². The Morgan fingerprint density at radius 3 is 2.54 bits per heavy atom. The molecule has 0 aliphatic carbocycles. The summed E-state index contributed by atoms with van der Waals surface area (Å²) in [6.07, 6.45) is 0.428. The molecule has 0 aliphatic rings. The van der Waals surface area contributed by atoms with Crippen molar-refractivity contribution in [1.29, 1.82) is 5.26 Å². The number of para-hydroxylation sites is 3. The Hall–Kier alpha value is -3.72. The average molecular weight is 370 g/mol. The van der Waals surface area contributed by atoms with Crippen LogP contribution in [-0.2, 0) is 11.2 Å². The first kappa shape index (κ1) is 17.7. The molecule has 0 bridgehead atoms. The summed E-state index contributed by atoms with van der Waals surface area (Å²) >= 11 is 0. The molecule has 2 aromatic heterocycles. The van der Waals surface area contributed by atoms with Crippen molar-refractivity contribution in [3.63, 3.8) is 0 Å². The summed E-state index contributed by atoms with van der Waals surface area (Å²) in [4.78, 5) is 36.4. The van der Waals surface area contributed by atoms with Crippen molar-refractivity contribution in [3.05, 3.63) is 65.6 Å². The second-order valence-electron chi connectivity index (χ2n) is 6.76. The Bertz CT molecular complexity index is 1210. The molecule has 0 amide bonds. The average Bonchev–Trinajstić information content (AvgIpc) is 3.26. The predicted octanol–water partition coefficient (Wildman–Crippen LogP) is 3.88. The number of aromatic nitrogens is 3. The zero-order valence-corrected chi connectivity index (χ0v) is 15.3. The van der Waals surface area contributed by atoms with Gasteiger partial charge in [-0.3, -0.25) is 9.59 Å². The SMILES string of the molecule is Cc1[nH]c2ccccc2c1C(=O)C(C#N)C(=O)CCc1nc2ccccc2[nH]1. The van der Waals surface area contributed by atoms with Crippen LogP contribution >= 0.6 is 0 Å². The molecule has 1 unspecified atom stereocenters. The van der Waals surface area contributed by atoms with Crippen LogP contribution in [0.2, 0.25) is 0 Å². The van der Waals surface area contributed by atoms with E-state index in [4.69, 9.17) is 0 Å². The van der Waals surface area contributed by atoms with Gasteiger partial charge in [-0.1, -0.05) is 30.3 Å².